The van der Waals surface area contributed by atoms with E-state index in [4.69, 9.17) is 9.52 Å². The summed E-state index contributed by atoms with van der Waals surface area (Å²) in [6.45, 7) is 1.32. The lowest BCUT2D eigenvalue weighted by molar-refractivity contribution is 0.0696. The minimum absolute atomic E-state index is 0.181. The fourth-order valence-electron chi connectivity index (χ4n) is 1.58. The molecule has 0 aliphatic carbocycles. The zero-order chi connectivity index (χ0) is 12.8. The monoisotopic (exact) mass is 246 g/mol. The number of carboxylic acid groups (broad SMARTS) is 1. The summed E-state index contributed by atoms with van der Waals surface area (Å²) in [5.41, 5.74) is 1.39. The van der Waals surface area contributed by atoms with Gasteiger partial charge in [0.15, 0.2) is 0 Å². The average molecular weight is 246 g/mol. The lowest BCUT2D eigenvalue weighted by Crippen LogP contribution is -2.16. The number of hydrogen-bond acceptors (Lipinski definition) is 4. The molecule has 5 nitrogen and oxygen atoms in total. The maximum atomic E-state index is 10.6. The first-order valence-electron chi connectivity index (χ1n) is 5.66. The quantitative estimate of drug-likeness (QED) is 0.759. The van der Waals surface area contributed by atoms with Gasteiger partial charge in [-0.05, 0) is 36.7 Å². The Kier molecular flexibility index (Phi) is 4.09. The number of pyridine rings is 1. The molecule has 0 aliphatic rings. The van der Waals surface area contributed by atoms with Crippen LogP contribution in [0.3, 0.4) is 0 Å². The SMILES string of the molecule is O=C(O)c1coc(CNCCc2ccncc2)c1. The molecular weight excluding hydrogens is 232 g/mol. The third-order valence-electron chi connectivity index (χ3n) is 2.54. The largest absolute Gasteiger partial charge is 0.478 e. The molecule has 0 aliphatic heterocycles. The van der Waals surface area contributed by atoms with E-state index in [0.717, 1.165) is 13.0 Å². The predicted molar refractivity (Wildman–Crippen MR) is 65.3 cm³/mol. The molecule has 18 heavy (non-hydrogen) atoms. The van der Waals surface area contributed by atoms with Crippen molar-refractivity contribution in [2.75, 3.05) is 6.54 Å². The van der Waals surface area contributed by atoms with E-state index in [1.807, 2.05) is 12.1 Å². The Morgan fingerprint density at radius 3 is 2.83 bits per heavy atom. The fraction of sp³-hybridized carbons (Fsp3) is 0.231. The summed E-state index contributed by atoms with van der Waals surface area (Å²) in [7, 11) is 0. The molecule has 2 aromatic heterocycles. The molecule has 0 bridgehead atoms. The molecule has 2 N–H and O–H groups in total. The van der Waals surface area contributed by atoms with E-state index in [9.17, 15) is 4.79 Å². The molecular formula is C13H14N2O3. The van der Waals surface area contributed by atoms with E-state index in [0.29, 0.717) is 12.3 Å². The topological polar surface area (TPSA) is 75.4 Å². The first-order chi connectivity index (χ1) is 8.75. The summed E-state index contributed by atoms with van der Waals surface area (Å²) in [5, 5.41) is 11.9. The van der Waals surface area contributed by atoms with E-state index in [1.54, 1.807) is 12.4 Å². The van der Waals surface area contributed by atoms with Gasteiger partial charge in [0, 0.05) is 12.4 Å². The maximum absolute atomic E-state index is 10.6. The van der Waals surface area contributed by atoms with Crippen molar-refractivity contribution in [1.29, 1.82) is 0 Å². The molecule has 0 saturated heterocycles. The number of nitrogens with zero attached hydrogens (tertiary/aromatic N) is 1. The van der Waals surface area contributed by atoms with E-state index in [-0.39, 0.29) is 5.56 Å². The van der Waals surface area contributed by atoms with E-state index < -0.39 is 5.97 Å². The molecule has 2 rings (SSSR count). The third kappa shape index (κ3) is 3.43. The number of nitrogens with one attached hydrogen (secondary N) is 1. The van der Waals surface area contributed by atoms with Crippen LogP contribution in [0.15, 0.2) is 41.3 Å². The maximum Gasteiger partial charge on any atom is 0.338 e. The van der Waals surface area contributed by atoms with Gasteiger partial charge in [0.2, 0.25) is 0 Å². The number of hydrogen-bond donors (Lipinski definition) is 2. The zero-order valence-corrected chi connectivity index (χ0v) is 9.80. The molecule has 2 aromatic rings. The van der Waals surface area contributed by atoms with Gasteiger partial charge < -0.3 is 14.8 Å². The average Bonchev–Trinajstić information content (AvgIpc) is 2.85. The van der Waals surface area contributed by atoms with Gasteiger partial charge in [0.1, 0.15) is 12.0 Å². The van der Waals surface area contributed by atoms with Crippen LogP contribution in [-0.2, 0) is 13.0 Å². The zero-order valence-electron chi connectivity index (χ0n) is 9.80. The summed E-state index contributed by atoms with van der Waals surface area (Å²) < 4.78 is 5.12. The van der Waals surface area contributed by atoms with Crippen molar-refractivity contribution >= 4 is 5.97 Å². The van der Waals surface area contributed by atoms with Crippen LogP contribution in [-0.4, -0.2) is 22.6 Å². The number of aromatic nitrogens is 1. The van der Waals surface area contributed by atoms with Crippen LogP contribution in [0.25, 0.3) is 0 Å². The van der Waals surface area contributed by atoms with Crippen LogP contribution in [0.5, 0.6) is 0 Å². The lowest BCUT2D eigenvalue weighted by atomic mass is 10.2. The molecule has 0 atom stereocenters. The minimum Gasteiger partial charge on any atom is -0.478 e. The van der Waals surface area contributed by atoms with Crippen molar-refractivity contribution < 1.29 is 14.3 Å². The number of carbonyl (C=O) groups is 1. The molecule has 0 fully saturated rings. The summed E-state index contributed by atoms with van der Waals surface area (Å²) in [5.74, 6) is -0.344. The van der Waals surface area contributed by atoms with Crippen molar-refractivity contribution in [2.24, 2.45) is 0 Å². The van der Waals surface area contributed by atoms with Crippen molar-refractivity contribution in [1.82, 2.24) is 10.3 Å². The van der Waals surface area contributed by atoms with Gasteiger partial charge in [-0.25, -0.2) is 4.79 Å². The highest BCUT2D eigenvalue weighted by Crippen LogP contribution is 2.07. The summed E-state index contributed by atoms with van der Waals surface area (Å²) in [4.78, 5) is 14.6. The Hall–Kier alpha value is -2.14. The van der Waals surface area contributed by atoms with E-state index >= 15 is 0 Å². The van der Waals surface area contributed by atoms with Gasteiger partial charge in [0.25, 0.3) is 0 Å². The van der Waals surface area contributed by atoms with Crippen molar-refractivity contribution in [3.05, 3.63) is 53.7 Å². The Morgan fingerprint density at radius 1 is 1.39 bits per heavy atom. The Morgan fingerprint density at radius 2 is 2.17 bits per heavy atom. The molecule has 2 heterocycles. The first-order valence-corrected chi connectivity index (χ1v) is 5.66. The van der Waals surface area contributed by atoms with Crippen LogP contribution in [0, 0.1) is 0 Å². The van der Waals surface area contributed by atoms with Crippen LogP contribution in [0.4, 0.5) is 0 Å². The van der Waals surface area contributed by atoms with Crippen molar-refractivity contribution in [3.8, 4) is 0 Å². The smallest absolute Gasteiger partial charge is 0.338 e. The van der Waals surface area contributed by atoms with Crippen molar-refractivity contribution in [3.63, 3.8) is 0 Å². The van der Waals surface area contributed by atoms with Gasteiger partial charge >= 0.3 is 5.97 Å². The predicted octanol–water partition coefficient (Wildman–Crippen LogP) is 1.71. The highest BCUT2D eigenvalue weighted by molar-refractivity contribution is 5.87. The molecule has 0 amide bonds. The molecule has 94 valence electrons. The lowest BCUT2D eigenvalue weighted by Gasteiger charge is -2.02. The van der Waals surface area contributed by atoms with Crippen LogP contribution in [0.2, 0.25) is 0 Å². The Balaban J connectivity index is 1.73. The Bertz CT molecular complexity index is 508. The van der Waals surface area contributed by atoms with Gasteiger partial charge in [-0.3, -0.25) is 4.98 Å². The number of rotatable bonds is 6. The van der Waals surface area contributed by atoms with Crippen LogP contribution < -0.4 is 5.32 Å². The molecule has 0 saturated carbocycles. The van der Waals surface area contributed by atoms with Crippen molar-refractivity contribution in [2.45, 2.75) is 13.0 Å². The second-order valence-electron chi connectivity index (χ2n) is 3.89. The van der Waals surface area contributed by atoms with E-state index in [2.05, 4.69) is 10.3 Å². The van der Waals surface area contributed by atoms with Gasteiger partial charge in [-0.2, -0.15) is 0 Å². The number of carboxylic acids is 1. The number of aromatic carboxylic acids is 1. The standard InChI is InChI=1S/C13H14N2O3/c16-13(17)11-7-12(18-9-11)8-15-6-3-10-1-4-14-5-2-10/h1-2,4-5,7,9,15H,3,6,8H2,(H,16,17). The van der Waals surface area contributed by atoms with Gasteiger partial charge in [0.05, 0.1) is 12.1 Å². The van der Waals surface area contributed by atoms with E-state index in [1.165, 1.54) is 17.9 Å². The molecule has 0 aromatic carbocycles. The highest BCUT2D eigenvalue weighted by Gasteiger charge is 2.07. The normalized spacial score (nSPS) is 10.4. The fourth-order valence-corrected chi connectivity index (χ4v) is 1.58. The minimum atomic E-state index is -0.971. The molecule has 0 spiro atoms. The van der Waals surface area contributed by atoms with Gasteiger partial charge in [-0.15, -0.1) is 0 Å². The van der Waals surface area contributed by atoms with Gasteiger partial charge in [-0.1, -0.05) is 0 Å². The molecule has 0 radical (unpaired) electrons. The summed E-state index contributed by atoms with van der Waals surface area (Å²) in [6.07, 6.45) is 5.68. The van der Waals surface area contributed by atoms with Crippen LogP contribution in [0.1, 0.15) is 21.7 Å². The second-order valence-corrected chi connectivity index (χ2v) is 3.89. The Labute approximate surface area is 104 Å². The summed E-state index contributed by atoms with van der Waals surface area (Å²) >= 11 is 0. The highest BCUT2D eigenvalue weighted by atomic mass is 16.4. The third-order valence-corrected chi connectivity index (χ3v) is 2.54. The molecule has 5 heteroatoms. The number of furan rings is 1. The van der Waals surface area contributed by atoms with Crippen LogP contribution >= 0.6 is 0 Å². The first kappa shape index (κ1) is 12.3. The molecule has 0 unspecified atom stereocenters. The summed E-state index contributed by atoms with van der Waals surface area (Å²) in [6, 6.07) is 5.47. The second kappa shape index (κ2) is 5.97.